The summed E-state index contributed by atoms with van der Waals surface area (Å²) in [6.45, 7) is 3.26. The Balaban J connectivity index is 2.25. The van der Waals surface area contributed by atoms with Crippen LogP contribution in [0.4, 0.5) is 11.4 Å². The van der Waals surface area contributed by atoms with Gasteiger partial charge in [-0.15, -0.1) is 0 Å². The van der Waals surface area contributed by atoms with Crippen LogP contribution in [0.15, 0.2) is 47.4 Å². The molecule has 144 valence electrons. The summed E-state index contributed by atoms with van der Waals surface area (Å²) in [6, 6.07) is 9.96. The number of anilines is 2. The minimum Gasteiger partial charge on any atom is -0.495 e. The molecule has 2 N–H and O–H groups in total. The van der Waals surface area contributed by atoms with Gasteiger partial charge in [0.25, 0.3) is 10.0 Å². The minimum atomic E-state index is -3.91. The average molecular weight is 392 g/mol. The van der Waals surface area contributed by atoms with Crippen LogP contribution in [0.5, 0.6) is 5.75 Å². The Morgan fingerprint density at radius 1 is 1.07 bits per heavy atom. The molecule has 0 saturated heterocycles. The number of nitrogens with one attached hydrogen (secondary N) is 2. The predicted octanol–water partition coefficient (Wildman–Crippen LogP) is 2.63. The number of carbonyl (C=O) groups is 2. The maximum atomic E-state index is 12.6. The third-order valence-electron chi connectivity index (χ3n) is 3.44. The van der Waals surface area contributed by atoms with Crippen molar-refractivity contribution >= 4 is 33.3 Å². The summed E-state index contributed by atoms with van der Waals surface area (Å²) in [4.78, 5) is 22.9. The van der Waals surface area contributed by atoms with Crippen molar-refractivity contribution in [2.75, 3.05) is 23.8 Å². The van der Waals surface area contributed by atoms with Crippen LogP contribution in [-0.2, 0) is 19.6 Å². The van der Waals surface area contributed by atoms with E-state index >= 15 is 0 Å². The smallest absolute Gasteiger partial charge is 0.338 e. The number of hydrogen-bond acceptors (Lipinski definition) is 6. The average Bonchev–Trinajstić information content (AvgIpc) is 2.61. The van der Waals surface area contributed by atoms with Crippen LogP contribution in [-0.4, -0.2) is 34.0 Å². The second kappa shape index (κ2) is 8.54. The van der Waals surface area contributed by atoms with Crippen LogP contribution >= 0.6 is 0 Å². The van der Waals surface area contributed by atoms with Gasteiger partial charge in [-0.05, 0) is 49.4 Å². The largest absolute Gasteiger partial charge is 0.495 e. The fraction of sp³-hybridized carbons (Fsp3) is 0.222. The molecule has 0 spiro atoms. The van der Waals surface area contributed by atoms with Crippen molar-refractivity contribution in [2.24, 2.45) is 0 Å². The number of hydrogen-bond donors (Lipinski definition) is 2. The summed E-state index contributed by atoms with van der Waals surface area (Å²) in [6.07, 6.45) is 0. The standard InChI is InChI=1S/C18H20N2O6S/c1-4-26-18(22)13-5-7-14(8-6-13)20-27(23,24)15-9-10-17(25-3)16(11-15)19-12(2)21/h5-11,20H,4H2,1-3H3,(H,19,21). The molecule has 0 heterocycles. The number of methoxy groups -OCH3 is 1. The lowest BCUT2D eigenvalue weighted by Crippen LogP contribution is -2.14. The molecule has 0 atom stereocenters. The van der Waals surface area contributed by atoms with E-state index in [1.165, 1.54) is 56.5 Å². The van der Waals surface area contributed by atoms with Crippen LogP contribution in [0, 0.1) is 0 Å². The van der Waals surface area contributed by atoms with Crippen LogP contribution in [0.25, 0.3) is 0 Å². The number of rotatable bonds is 7. The molecule has 0 saturated carbocycles. The fourth-order valence-corrected chi connectivity index (χ4v) is 3.33. The van der Waals surface area contributed by atoms with Crippen LogP contribution in [0.1, 0.15) is 24.2 Å². The van der Waals surface area contributed by atoms with Gasteiger partial charge in [-0.3, -0.25) is 9.52 Å². The van der Waals surface area contributed by atoms with E-state index in [-0.39, 0.29) is 28.8 Å². The second-order valence-electron chi connectivity index (χ2n) is 5.45. The molecule has 27 heavy (non-hydrogen) atoms. The van der Waals surface area contributed by atoms with Crippen molar-refractivity contribution in [2.45, 2.75) is 18.7 Å². The number of esters is 1. The van der Waals surface area contributed by atoms with Crippen molar-refractivity contribution in [3.8, 4) is 5.75 Å². The Morgan fingerprint density at radius 3 is 2.30 bits per heavy atom. The molecule has 0 fully saturated rings. The fourth-order valence-electron chi connectivity index (χ4n) is 2.24. The Bertz CT molecular complexity index is 939. The molecule has 0 aromatic heterocycles. The highest BCUT2D eigenvalue weighted by Crippen LogP contribution is 2.28. The van der Waals surface area contributed by atoms with Gasteiger partial charge in [-0.1, -0.05) is 0 Å². The van der Waals surface area contributed by atoms with Gasteiger partial charge in [0.05, 0.1) is 29.9 Å². The molecule has 2 aromatic carbocycles. The predicted molar refractivity (Wildman–Crippen MR) is 101 cm³/mol. The number of benzene rings is 2. The van der Waals surface area contributed by atoms with Gasteiger partial charge >= 0.3 is 5.97 Å². The van der Waals surface area contributed by atoms with Gasteiger partial charge in [0.15, 0.2) is 0 Å². The quantitative estimate of drug-likeness (QED) is 0.701. The van der Waals surface area contributed by atoms with E-state index in [4.69, 9.17) is 9.47 Å². The number of ether oxygens (including phenoxy) is 2. The normalized spacial score (nSPS) is 10.8. The van der Waals surface area contributed by atoms with E-state index in [0.29, 0.717) is 11.3 Å². The number of sulfonamides is 1. The molecule has 2 rings (SSSR count). The molecular weight excluding hydrogens is 372 g/mol. The van der Waals surface area contributed by atoms with Crippen molar-refractivity contribution in [3.63, 3.8) is 0 Å². The van der Waals surface area contributed by atoms with E-state index in [1.54, 1.807) is 6.92 Å². The molecule has 9 heteroatoms. The van der Waals surface area contributed by atoms with Gasteiger partial charge in [-0.25, -0.2) is 13.2 Å². The molecule has 8 nitrogen and oxygen atoms in total. The topological polar surface area (TPSA) is 111 Å². The van der Waals surface area contributed by atoms with Gasteiger partial charge < -0.3 is 14.8 Å². The second-order valence-corrected chi connectivity index (χ2v) is 7.13. The van der Waals surface area contributed by atoms with Gasteiger partial charge in [0, 0.05) is 12.6 Å². The maximum absolute atomic E-state index is 12.6. The van der Waals surface area contributed by atoms with Crippen molar-refractivity contribution in [3.05, 3.63) is 48.0 Å². The molecule has 2 aromatic rings. The van der Waals surface area contributed by atoms with Gasteiger partial charge in [0.2, 0.25) is 5.91 Å². The molecule has 0 aliphatic carbocycles. The van der Waals surface area contributed by atoms with Gasteiger partial charge in [0.1, 0.15) is 5.75 Å². The molecule has 0 aliphatic rings. The minimum absolute atomic E-state index is 0.0541. The third kappa shape index (κ3) is 5.20. The molecule has 0 bridgehead atoms. The maximum Gasteiger partial charge on any atom is 0.338 e. The first-order valence-corrected chi connectivity index (χ1v) is 9.50. The monoisotopic (exact) mass is 392 g/mol. The summed E-state index contributed by atoms with van der Waals surface area (Å²) < 4.78 is 37.6. The first-order valence-electron chi connectivity index (χ1n) is 8.02. The van der Waals surface area contributed by atoms with Crippen molar-refractivity contribution in [1.82, 2.24) is 0 Å². The van der Waals surface area contributed by atoms with E-state index in [1.807, 2.05) is 0 Å². The first kappa shape index (κ1) is 20.2. The van der Waals surface area contributed by atoms with Crippen LogP contribution in [0.3, 0.4) is 0 Å². The Morgan fingerprint density at radius 2 is 1.74 bits per heavy atom. The highest BCUT2D eigenvalue weighted by Gasteiger charge is 2.18. The first-order chi connectivity index (χ1) is 12.8. The lowest BCUT2D eigenvalue weighted by Gasteiger charge is -2.13. The summed E-state index contributed by atoms with van der Waals surface area (Å²) in [5, 5.41) is 2.53. The molecule has 0 radical (unpaired) electrons. The van der Waals surface area contributed by atoms with Crippen LogP contribution in [0.2, 0.25) is 0 Å². The summed E-state index contributed by atoms with van der Waals surface area (Å²) in [7, 11) is -2.50. The lowest BCUT2D eigenvalue weighted by atomic mass is 10.2. The molecule has 1 amide bonds. The SMILES string of the molecule is CCOC(=O)c1ccc(NS(=O)(=O)c2ccc(OC)c(NC(C)=O)c2)cc1. The highest BCUT2D eigenvalue weighted by atomic mass is 32.2. The van der Waals surface area contributed by atoms with E-state index in [0.717, 1.165) is 0 Å². The number of carbonyl (C=O) groups excluding carboxylic acids is 2. The van der Waals surface area contributed by atoms with Crippen molar-refractivity contribution in [1.29, 1.82) is 0 Å². The Kier molecular flexibility index (Phi) is 6.40. The zero-order valence-corrected chi connectivity index (χ0v) is 15.9. The Hall–Kier alpha value is -3.07. The third-order valence-corrected chi connectivity index (χ3v) is 4.82. The Labute approximate surface area is 157 Å². The van der Waals surface area contributed by atoms with Gasteiger partial charge in [-0.2, -0.15) is 0 Å². The molecule has 0 aliphatic heterocycles. The van der Waals surface area contributed by atoms with E-state index in [2.05, 4.69) is 10.0 Å². The lowest BCUT2D eigenvalue weighted by molar-refractivity contribution is -0.114. The van der Waals surface area contributed by atoms with Crippen molar-refractivity contribution < 1.29 is 27.5 Å². The summed E-state index contributed by atoms with van der Waals surface area (Å²) >= 11 is 0. The zero-order chi connectivity index (χ0) is 20.0. The van der Waals surface area contributed by atoms with Crippen LogP contribution < -0.4 is 14.8 Å². The summed E-state index contributed by atoms with van der Waals surface area (Å²) in [5.41, 5.74) is 0.836. The zero-order valence-electron chi connectivity index (χ0n) is 15.1. The molecule has 0 unspecified atom stereocenters. The van der Waals surface area contributed by atoms with E-state index < -0.39 is 16.0 Å². The molecular formula is C18H20N2O6S. The number of amides is 1. The summed E-state index contributed by atoms with van der Waals surface area (Å²) in [5.74, 6) is -0.504. The van der Waals surface area contributed by atoms with E-state index in [9.17, 15) is 18.0 Å². The highest BCUT2D eigenvalue weighted by molar-refractivity contribution is 7.92.